The van der Waals surface area contributed by atoms with Crippen molar-refractivity contribution in [1.29, 1.82) is 0 Å². The fraction of sp³-hybridized carbons (Fsp3) is 0.143. The highest BCUT2D eigenvalue weighted by Crippen LogP contribution is 2.35. The summed E-state index contributed by atoms with van der Waals surface area (Å²) in [5.74, 6) is 0.750. The van der Waals surface area contributed by atoms with Crippen molar-refractivity contribution in [2.24, 2.45) is 5.10 Å². The molecule has 136 valence electrons. The lowest BCUT2D eigenvalue weighted by Crippen LogP contribution is -2.26. The van der Waals surface area contributed by atoms with Crippen molar-refractivity contribution in [3.8, 4) is 5.75 Å². The van der Waals surface area contributed by atoms with E-state index < -0.39 is 0 Å². The molecule has 0 unspecified atom stereocenters. The second-order valence-electron chi connectivity index (χ2n) is 6.16. The van der Waals surface area contributed by atoms with Crippen LogP contribution in [0.1, 0.15) is 34.1 Å². The Labute approximate surface area is 165 Å². The van der Waals surface area contributed by atoms with Crippen molar-refractivity contribution < 1.29 is 13.9 Å². The Bertz CT molecular complexity index is 980. The van der Waals surface area contributed by atoms with Gasteiger partial charge < -0.3 is 9.15 Å². The van der Waals surface area contributed by atoms with E-state index in [1.807, 2.05) is 54.6 Å². The molecule has 0 saturated carbocycles. The third-order valence-electron chi connectivity index (χ3n) is 4.51. The number of methoxy groups -OCH3 is 1. The number of ether oxygens (including phenoxy) is 1. The molecule has 1 aliphatic heterocycles. The molecule has 3 aromatic rings. The Hall–Kier alpha value is -2.86. The van der Waals surface area contributed by atoms with E-state index in [0.29, 0.717) is 11.1 Å². The molecule has 4 rings (SSSR count). The summed E-state index contributed by atoms with van der Waals surface area (Å²) < 4.78 is 11.2. The van der Waals surface area contributed by atoms with Gasteiger partial charge in [0, 0.05) is 6.42 Å². The second-order valence-corrected chi connectivity index (χ2v) is 6.94. The fourth-order valence-corrected chi connectivity index (χ4v) is 3.44. The molecule has 0 radical (unpaired) electrons. The molecule has 6 heteroatoms. The van der Waals surface area contributed by atoms with Gasteiger partial charge >= 0.3 is 5.91 Å². The van der Waals surface area contributed by atoms with Gasteiger partial charge in [-0.2, -0.15) is 5.10 Å². The molecule has 0 fully saturated rings. The van der Waals surface area contributed by atoms with Crippen LogP contribution in [0.5, 0.6) is 5.75 Å². The number of halogens is 1. The van der Waals surface area contributed by atoms with Crippen molar-refractivity contribution in [3.63, 3.8) is 0 Å². The molecule has 0 saturated heterocycles. The Kier molecular flexibility index (Phi) is 4.81. The van der Waals surface area contributed by atoms with Crippen LogP contribution >= 0.6 is 15.9 Å². The number of carbonyl (C=O) groups excluding carboxylic acids is 1. The summed E-state index contributed by atoms with van der Waals surface area (Å²) in [6.07, 6.45) is 0.629. The number of carbonyl (C=O) groups is 1. The summed E-state index contributed by atoms with van der Waals surface area (Å²) >= 11 is 3.25. The maximum atomic E-state index is 13.0. The minimum Gasteiger partial charge on any atom is -0.497 e. The van der Waals surface area contributed by atoms with E-state index in [2.05, 4.69) is 21.0 Å². The lowest BCUT2D eigenvalue weighted by atomic mass is 9.98. The first-order chi connectivity index (χ1) is 13.2. The quantitative estimate of drug-likeness (QED) is 0.589. The van der Waals surface area contributed by atoms with Crippen LogP contribution in [0.15, 0.2) is 80.9 Å². The number of amides is 1. The minimum atomic E-state index is -0.271. The van der Waals surface area contributed by atoms with Crippen molar-refractivity contribution in [1.82, 2.24) is 5.01 Å². The fourth-order valence-electron chi connectivity index (χ4n) is 3.13. The lowest BCUT2D eigenvalue weighted by Gasteiger charge is -2.21. The first kappa shape index (κ1) is 17.5. The third kappa shape index (κ3) is 3.53. The van der Waals surface area contributed by atoms with E-state index in [9.17, 15) is 4.79 Å². The topological polar surface area (TPSA) is 55.0 Å². The Morgan fingerprint density at radius 1 is 1.11 bits per heavy atom. The second kappa shape index (κ2) is 7.40. The number of rotatable bonds is 4. The summed E-state index contributed by atoms with van der Waals surface area (Å²) in [6, 6.07) is 20.7. The zero-order valence-corrected chi connectivity index (χ0v) is 16.2. The van der Waals surface area contributed by atoms with Crippen LogP contribution in [0.3, 0.4) is 0 Å². The molecule has 0 spiro atoms. The van der Waals surface area contributed by atoms with E-state index in [1.165, 1.54) is 5.01 Å². The standard InChI is InChI=1S/C21H17BrN2O3/c1-26-16-9-7-15(8-10-16)18-13-17(14-5-3-2-4-6-14)23-24(18)21(25)19-11-12-20(22)27-19/h2-12,18H,13H2,1H3/t18-/m0/s1. The van der Waals surface area contributed by atoms with Gasteiger partial charge in [-0.3, -0.25) is 4.79 Å². The highest BCUT2D eigenvalue weighted by molar-refractivity contribution is 9.10. The minimum absolute atomic E-state index is 0.206. The molecule has 1 aliphatic rings. The first-order valence-electron chi connectivity index (χ1n) is 8.51. The summed E-state index contributed by atoms with van der Waals surface area (Å²) in [5, 5.41) is 6.15. The Balaban J connectivity index is 1.71. The number of benzene rings is 2. The summed E-state index contributed by atoms with van der Waals surface area (Å²) in [7, 11) is 1.63. The molecule has 2 heterocycles. The van der Waals surface area contributed by atoms with Crippen LogP contribution in [-0.2, 0) is 0 Å². The van der Waals surface area contributed by atoms with Crippen LogP contribution in [0.25, 0.3) is 0 Å². The van der Waals surface area contributed by atoms with Crippen molar-refractivity contribution >= 4 is 27.5 Å². The van der Waals surface area contributed by atoms with Gasteiger partial charge in [0.1, 0.15) is 5.75 Å². The molecule has 0 aliphatic carbocycles. The van der Waals surface area contributed by atoms with Crippen LogP contribution in [-0.4, -0.2) is 23.7 Å². The van der Waals surface area contributed by atoms with Crippen molar-refractivity contribution in [2.75, 3.05) is 7.11 Å². The smallest absolute Gasteiger partial charge is 0.310 e. The number of hydrogen-bond donors (Lipinski definition) is 0. The number of furan rings is 1. The predicted molar refractivity (Wildman–Crippen MR) is 106 cm³/mol. The average Bonchev–Trinajstić information content (AvgIpc) is 3.35. The number of hydrazone groups is 1. The van der Waals surface area contributed by atoms with Gasteiger partial charge in [0.2, 0.25) is 0 Å². The molecular formula is C21H17BrN2O3. The average molecular weight is 425 g/mol. The molecule has 0 bridgehead atoms. The van der Waals surface area contributed by atoms with Crippen LogP contribution in [0.2, 0.25) is 0 Å². The van der Waals surface area contributed by atoms with Crippen molar-refractivity contribution in [3.05, 3.63) is 88.3 Å². The van der Waals surface area contributed by atoms with E-state index in [1.54, 1.807) is 19.2 Å². The van der Waals surface area contributed by atoms with E-state index in [4.69, 9.17) is 9.15 Å². The third-order valence-corrected chi connectivity index (χ3v) is 4.94. The zero-order chi connectivity index (χ0) is 18.8. The van der Waals surface area contributed by atoms with Crippen molar-refractivity contribution in [2.45, 2.75) is 12.5 Å². The largest absolute Gasteiger partial charge is 0.497 e. The Morgan fingerprint density at radius 3 is 2.48 bits per heavy atom. The molecule has 1 atom stereocenters. The van der Waals surface area contributed by atoms with Crippen LogP contribution in [0, 0.1) is 0 Å². The van der Waals surface area contributed by atoms with Gasteiger partial charge in [-0.05, 0) is 51.3 Å². The predicted octanol–water partition coefficient (Wildman–Crippen LogP) is 5.04. The maximum absolute atomic E-state index is 13.0. The number of hydrogen-bond acceptors (Lipinski definition) is 4. The summed E-state index contributed by atoms with van der Waals surface area (Å²) in [6.45, 7) is 0. The molecule has 2 aromatic carbocycles. The molecular weight excluding hydrogens is 408 g/mol. The van der Waals surface area contributed by atoms with Gasteiger partial charge in [-0.1, -0.05) is 42.5 Å². The van der Waals surface area contributed by atoms with Gasteiger partial charge in [-0.15, -0.1) is 0 Å². The first-order valence-corrected chi connectivity index (χ1v) is 9.31. The molecule has 5 nitrogen and oxygen atoms in total. The molecule has 27 heavy (non-hydrogen) atoms. The van der Waals surface area contributed by atoms with Gasteiger partial charge in [-0.25, -0.2) is 5.01 Å². The van der Waals surface area contributed by atoms with Gasteiger partial charge in [0.05, 0.1) is 18.9 Å². The van der Waals surface area contributed by atoms with Crippen LogP contribution < -0.4 is 4.74 Å². The van der Waals surface area contributed by atoms with E-state index in [0.717, 1.165) is 22.6 Å². The summed E-state index contributed by atoms with van der Waals surface area (Å²) in [5.41, 5.74) is 2.87. The normalized spacial score (nSPS) is 16.3. The molecule has 1 amide bonds. The van der Waals surface area contributed by atoms with Gasteiger partial charge in [0.25, 0.3) is 0 Å². The molecule has 1 aromatic heterocycles. The number of nitrogens with zero attached hydrogens (tertiary/aromatic N) is 2. The highest BCUT2D eigenvalue weighted by Gasteiger charge is 2.34. The van der Waals surface area contributed by atoms with Gasteiger partial charge in [0.15, 0.2) is 10.4 Å². The maximum Gasteiger partial charge on any atom is 0.310 e. The van der Waals surface area contributed by atoms with E-state index >= 15 is 0 Å². The Morgan fingerprint density at radius 2 is 1.85 bits per heavy atom. The van der Waals surface area contributed by atoms with E-state index in [-0.39, 0.29) is 17.7 Å². The monoisotopic (exact) mass is 424 g/mol. The SMILES string of the molecule is COc1ccc([C@@H]2CC(c3ccccc3)=NN2C(=O)c2ccc(Br)o2)cc1. The zero-order valence-electron chi connectivity index (χ0n) is 14.6. The highest BCUT2D eigenvalue weighted by atomic mass is 79.9. The lowest BCUT2D eigenvalue weighted by molar-refractivity contribution is 0.0677. The van der Waals surface area contributed by atoms with Crippen LogP contribution in [0.4, 0.5) is 0 Å². The summed E-state index contributed by atoms with van der Waals surface area (Å²) in [4.78, 5) is 13.0. The molecule has 0 N–H and O–H groups in total.